The highest BCUT2D eigenvalue weighted by Gasteiger charge is 2.04. The molecule has 1 N–H and O–H groups in total. The maximum absolute atomic E-state index is 11.8. The van der Waals surface area contributed by atoms with Gasteiger partial charge in [0.1, 0.15) is 18.1 Å². The molecule has 0 aromatic heterocycles. The molecule has 0 atom stereocenters. The summed E-state index contributed by atoms with van der Waals surface area (Å²) < 4.78 is 11.6. The van der Waals surface area contributed by atoms with Crippen molar-refractivity contribution in [1.82, 2.24) is 5.32 Å². The lowest BCUT2D eigenvalue weighted by molar-refractivity contribution is -0.120. The summed E-state index contributed by atoms with van der Waals surface area (Å²) in [5, 5.41) is 2.84. The standard InChI is InChI=1S/C17H18BrNO3/c1-21-14-8-6-13(7-9-14)12-17(20)19-10-11-22-16-5-3-2-4-15(16)18/h2-9H,10-12H2,1H3,(H,19,20). The Balaban J connectivity index is 1.70. The van der Waals surface area contributed by atoms with E-state index in [-0.39, 0.29) is 5.91 Å². The van der Waals surface area contributed by atoms with Crippen LogP contribution in [0.4, 0.5) is 0 Å². The first-order valence-corrected chi connectivity index (χ1v) is 7.75. The van der Waals surface area contributed by atoms with E-state index in [1.807, 2.05) is 48.5 Å². The molecule has 0 aliphatic rings. The van der Waals surface area contributed by atoms with Crippen molar-refractivity contribution in [3.05, 3.63) is 58.6 Å². The van der Waals surface area contributed by atoms with Crippen LogP contribution in [0, 0.1) is 0 Å². The van der Waals surface area contributed by atoms with Crippen LogP contribution in [0.2, 0.25) is 0 Å². The third kappa shape index (κ3) is 5.07. The maximum atomic E-state index is 11.8. The molecule has 5 heteroatoms. The molecule has 0 aliphatic heterocycles. The molecule has 2 aromatic rings. The van der Waals surface area contributed by atoms with E-state index in [9.17, 15) is 4.79 Å². The number of methoxy groups -OCH3 is 1. The van der Waals surface area contributed by atoms with E-state index in [0.29, 0.717) is 19.6 Å². The van der Waals surface area contributed by atoms with Crippen molar-refractivity contribution in [3.63, 3.8) is 0 Å². The second kappa shape index (κ2) is 8.44. The lowest BCUT2D eigenvalue weighted by Crippen LogP contribution is -2.29. The van der Waals surface area contributed by atoms with E-state index in [1.54, 1.807) is 7.11 Å². The van der Waals surface area contributed by atoms with Crippen LogP contribution in [-0.2, 0) is 11.2 Å². The topological polar surface area (TPSA) is 47.6 Å². The molecule has 0 bridgehead atoms. The fourth-order valence-electron chi connectivity index (χ4n) is 1.90. The number of benzene rings is 2. The lowest BCUT2D eigenvalue weighted by atomic mass is 10.1. The Morgan fingerprint density at radius 3 is 2.55 bits per heavy atom. The summed E-state index contributed by atoms with van der Waals surface area (Å²) >= 11 is 3.41. The molecule has 0 unspecified atom stereocenters. The predicted octanol–water partition coefficient (Wildman–Crippen LogP) is 3.20. The van der Waals surface area contributed by atoms with Gasteiger partial charge in [0, 0.05) is 0 Å². The molecule has 0 aliphatic carbocycles. The van der Waals surface area contributed by atoms with Gasteiger partial charge in [0.15, 0.2) is 0 Å². The van der Waals surface area contributed by atoms with Crippen LogP contribution < -0.4 is 14.8 Å². The summed E-state index contributed by atoms with van der Waals surface area (Å²) in [6.45, 7) is 0.896. The van der Waals surface area contributed by atoms with Gasteiger partial charge in [0.25, 0.3) is 0 Å². The quantitative estimate of drug-likeness (QED) is 0.768. The number of carbonyl (C=O) groups is 1. The van der Waals surface area contributed by atoms with Gasteiger partial charge in [0.05, 0.1) is 24.5 Å². The summed E-state index contributed by atoms with van der Waals surface area (Å²) in [6.07, 6.45) is 0.346. The van der Waals surface area contributed by atoms with Crippen LogP contribution in [0.25, 0.3) is 0 Å². The number of ether oxygens (including phenoxy) is 2. The summed E-state index contributed by atoms with van der Waals surface area (Å²) in [4.78, 5) is 11.8. The average Bonchev–Trinajstić information content (AvgIpc) is 2.54. The number of para-hydroxylation sites is 1. The van der Waals surface area contributed by atoms with Crippen molar-refractivity contribution < 1.29 is 14.3 Å². The van der Waals surface area contributed by atoms with Crippen molar-refractivity contribution in [1.29, 1.82) is 0 Å². The van der Waals surface area contributed by atoms with Gasteiger partial charge >= 0.3 is 0 Å². The first-order valence-electron chi connectivity index (χ1n) is 6.96. The second-order valence-corrected chi connectivity index (χ2v) is 5.51. The van der Waals surface area contributed by atoms with Crippen LogP contribution in [0.15, 0.2) is 53.0 Å². The molecule has 22 heavy (non-hydrogen) atoms. The minimum atomic E-state index is -0.0269. The van der Waals surface area contributed by atoms with Gasteiger partial charge in [-0.2, -0.15) is 0 Å². The molecule has 0 radical (unpaired) electrons. The van der Waals surface area contributed by atoms with Gasteiger partial charge in [-0.15, -0.1) is 0 Å². The Morgan fingerprint density at radius 2 is 1.86 bits per heavy atom. The highest BCUT2D eigenvalue weighted by Crippen LogP contribution is 2.23. The molecule has 0 spiro atoms. The number of nitrogens with one attached hydrogen (secondary N) is 1. The highest BCUT2D eigenvalue weighted by molar-refractivity contribution is 9.10. The average molecular weight is 364 g/mol. The first kappa shape index (κ1) is 16.4. The maximum Gasteiger partial charge on any atom is 0.224 e. The normalized spacial score (nSPS) is 10.1. The second-order valence-electron chi connectivity index (χ2n) is 4.65. The van der Waals surface area contributed by atoms with Gasteiger partial charge < -0.3 is 14.8 Å². The van der Waals surface area contributed by atoms with Gasteiger partial charge in [-0.25, -0.2) is 0 Å². The van der Waals surface area contributed by atoms with Crippen LogP contribution in [0.5, 0.6) is 11.5 Å². The fourth-order valence-corrected chi connectivity index (χ4v) is 2.30. The molecule has 0 saturated heterocycles. The SMILES string of the molecule is COc1ccc(CC(=O)NCCOc2ccccc2Br)cc1. The van der Waals surface area contributed by atoms with E-state index in [4.69, 9.17) is 9.47 Å². The van der Waals surface area contributed by atoms with Gasteiger partial charge in [-0.1, -0.05) is 24.3 Å². The number of amides is 1. The number of rotatable bonds is 7. The van der Waals surface area contributed by atoms with E-state index >= 15 is 0 Å². The van der Waals surface area contributed by atoms with Crippen molar-refractivity contribution in [2.45, 2.75) is 6.42 Å². The van der Waals surface area contributed by atoms with Gasteiger partial charge in [-0.3, -0.25) is 4.79 Å². The monoisotopic (exact) mass is 363 g/mol. The first-order chi connectivity index (χ1) is 10.7. The molecule has 116 valence electrons. The van der Waals surface area contributed by atoms with Crippen molar-refractivity contribution >= 4 is 21.8 Å². The smallest absolute Gasteiger partial charge is 0.224 e. The van der Waals surface area contributed by atoms with E-state index in [0.717, 1.165) is 21.5 Å². The van der Waals surface area contributed by atoms with Crippen LogP contribution in [0.3, 0.4) is 0 Å². The minimum Gasteiger partial charge on any atom is -0.497 e. The Bertz CT molecular complexity index is 614. The third-order valence-electron chi connectivity index (χ3n) is 3.04. The van der Waals surface area contributed by atoms with E-state index in [1.165, 1.54) is 0 Å². The Morgan fingerprint density at radius 1 is 1.14 bits per heavy atom. The summed E-state index contributed by atoms with van der Waals surface area (Å²) in [7, 11) is 1.62. The molecule has 0 saturated carbocycles. The van der Waals surface area contributed by atoms with Gasteiger partial charge in [0.2, 0.25) is 5.91 Å². The number of halogens is 1. The molecular formula is C17H18BrNO3. The Hall–Kier alpha value is -2.01. The molecule has 0 heterocycles. The fraction of sp³-hybridized carbons (Fsp3) is 0.235. The molecule has 0 fully saturated rings. The van der Waals surface area contributed by atoms with E-state index < -0.39 is 0 Å². The zero-order chi connectivity index (χ0) is 15.8. The summed E-state index contributed by atoms with van der Waals surface area (Å²) in [5.74, 6) is 1.53. The van der Waals surface area contributed by atoms with Crippen molar-refractivity contribution in [2.75, 3.05) is 20.3 Å². The van der Waals surface area contributed by atoms with Crippen LogP contribution in [-0.4, -0.2) is 26.2 Å². The van der Waals surface area contributed by atoms with Crippen LogP contribution in [0.1, 0.15) is 5.56 Å². The Kier molecular flexibility index (Phi) is 6.27. The minimum absolute atomic E-state index is 0.0269. The third-order valence-corrected chi connectivity index (χ3v) is 3.70. The zero-order valence-electron chi connectivity index (χ0n) is 12.3. The predicted molar refractivity (Wildman–Crippen MR) is 89.3 cm³/mol. The van der Waals surface area contributed by atoms with E-state index in [2.05, 4.69) is 21.2 Å². The zero-order valence-corrected chi connectivity index (χ0v) is 13.9. The summed E-state index contributed by atoms with van der Waals surface area (Å²) in [5.41, 5.74) is 0.949. The number of carbonyl (C=O) groups excluding carboxylic acids is 1. The molecular weight excluding hydrogens is 346 g/mol. The highest BCUT2D eigenvalue weighted by atomic mass is 79.9. The van der Waals surface area contributed by atoms with Crippen molar-refractivity contribution in [3.8, 4) is 11.5 Å². The van der Waals surface area contributed by atoms with Gasteiger partial charge in [-0.05, 0) is 45.8 Å². The Labute approximate surface area is 138 Å². The van der Waals surface area contributed by atoms with Crippen LogP contribution >= 0.6 is 15.9 Å². The molecule has 4 nitrogen and oxygen atoms in total. The number of hydrogen-bond donors (Lipinski definition) is 1. The lowest BCUT2D eigenvalue weighted by Gasteiger charge is -2.09. The number of hydrogen-bond acceptors (Lipinski definition) is 3. The molecule has 2 rings (SSSR count). The summed E-state index contributed by atoms with van der Waals surface area (Å²) in [6, 6.07) is 15.1. The molecule has 2 aromatic carbocycles. The van der Waals surface area contributed by atoms with Crippen molar-refractivity contribution in [2.24, 2.45) is 0 Å². The molecule has 1 amide bonds. The largest absolute Gasteiger partial charge is 0.497 e.